The molecule has 0 spiro atoms. The first kappa shape index (κ1) is 36.6. The van der Waals surface area contributed by atoms with Crippen molar-refractivity contribution in [2.45, 2.75) is 109 Å². The molecule has 2 N–H and O–H groups in total. The second kappa shape index (κ2) is 17.2. The zero-order chi connectivity index (χ0) is 33.1. The maximum Gasteiger partial charge on any atom is 0.389 e. The number of amides is 3. The van der Waals surface area contributed by atoms with Gasteiger partial charge >= 0.3 is 6.18 Å². The first-order chi connectivity index (χ1) is 21.3. The predicted octanol–water partition coefficient (Wildman–Crippen LogP) is 5.80. The molecular weight excluding hydrogens is 591 g/mol. The predicted molar refractivity (Wildman–Crippen MR) is 165 cm³/mol. The number of ether oxygens (including phenoxy) is 2. The van der Waals surface area contributed by atoms with Crippen LogP contribution in [0.4, 0.5) is 18.9 Å². The number of carbonyl (C=O) groups is 3. The zero-order valence-corrected chi connectivity index (χ0v) is 27.0. The first-order valence-electron chi connectivity index (χ1n) is 16.2. The van der Waals surface area contributed by atoms with Gasteiger partial charge in [0.2, 0.25) is 11.8 Å². The largest absolute Gasteiger partial charge is 0.490 e. The van der Waals surface area contributed by atoms with Crippen LogP contribution >= 0.6 is 0 Å². The van der Waals surface area contributed by atoms with Crippen molar-refractivity contribution in [1.82, 2.24) is 9.80 Å². The van der Waals surface area contributed by atoms with E-state index >= 15 is 0 Å². The van der Waals surface area contributed by atoms with E-state index in [1.54, 1.807) is 18.9 Å². The highest BCUT2D eigenvalue weighted by Crippen LogP contribution is 2.30. The van der Waals surface area contributed by atoms with E-state index in [-0.39, 0.29) is 60.1 Å². The lowest BCUT2D eigenvalue weighted by Gasteiger charge is -2.36. The Labute approximate surface area is 264 Å². The second-order valence-corrected chi connectivity index (χ2v) is 12.7. The Morgan fingerprint density at radius 2 is 1.80 bits per heavy atom. The fraction of sp³-hybridized carbons (Fsp3) is 0.727. The van der Waals surface area contributed by atoms with E-state index in [1.165, 1.54) is 23.1 Å². The summed E-state index contributed by atoms with van der Waals surface area (Å²) in [5, 5.41) is 12.6. The van der Waals surface area contributed by atoms with Crippen molar-refractivity contribution in [2.75, 3.05) is 38.7 Å². The molecule has 1 aliphatic carbocycles. The van der Waals surface area contributed by atoms with Gasteiger partial charge in [0.1, 0.15) is 5.75 Å². The smallest absolute Gasteiger partial charge is 0.389 e. The number of likely N-dealkylation sites (N-methyl/N-ethyl adjacent to an activating group) is 1. The Balaban J connectivity index is 1.88. The molecule has 1 heterocycles. The molecule has 1 aliphatic heterocycles. The molecule has 9 nitrogen and oxygen atoms in total. The van der Waals surface area contributed by atoms with Gasteiger partial charge in [0.05, 0.1) is 36.8 Å². The van der Waals surface area contributed by atoms with E-state index in [0.29, 0.717) is 19.6 Å². The topological polar surface area (TPSA) is 108 Å². The fourth-order valence-electron chi connectivity index (χ4n) is 5.96. The Morgan fingerprint density at radius 3 is 2.47 bits per heavy atom. The standard InChI is InChI=1S/C33H50F3N3O6/c1-22-19-39(23(2)21-40)32(43)27-18-26(37-30(41)15-16-33(34,35)36)13-14-28(27)45-24(3)10-8-9-17-44-29(22)20-38(4)31(42)25-11-6-5-7-12-25/h13-14,18,22-25,29,40H,5-12,15-17,19-21H2,1-4H3,(H,37,41)/t22-,23+,24-,29-/m1/s1. The minimum atomic E-state index is -4.47. The number of alkyl halides is 3. The van der Waals surface area contributed by atoms with Crippen LogP contribution in [0.5, 0.6) is 5.75 Å². The average molecular weight is 642 g/mol. The molecule has 1 aromatic rings. The highest BCUT2D eigenvalue weighted by molar-refractivity contribution is 5.99. The van der Waals surface area contributed by atoms with Gasteiger partial charge in [-0.05, 0) is 64.2 Å². The Morgan fingerprint density at radius 1 is 1.11 bits per heavy atom. The molecule has 4 atom stereocenters. The molecule has 0 saturated heterocycles. The van der Waals surface area contributed by atoms with Crippen molar-refractivity contribution in [3.05, 3.63) is 23.8 Å². The molecule has 1 saturated carbocycles. The van der Waals surface area contributed by atoms with Gasteiger partial charge in [-0.15, -0.1) is 0 Å². The Bertz CT molecular complexity index is 1130. The number of benzene rings is 1. The number of fused-ring (bicyclic) bond motifs is 1. The highest BCUT2D eigenvalue weighted by Gasteiger charge is 2.33. The summed E-state index contributed by atoms with van der Waals surface area (Å²) in [4.78, 5) is 43.0. The van der Waals surface area contributed by atoms with Crippen molar-refractivity contribution in [1.29, 1.82) is 0 Å². The number of rotatable bonds is 8. The SMILES string of the molecule is C[C@@H]1CCCCO[C@H](CN(C)C(=O)C2CCCCC2)[C@H](C)CN([C@@H](C)CO)C(=O)c2cc(NC(=O)CCC(F)(F)F)ccc2O1. The summed E-state index contributed by atoms with van der Waals surface area (Å²) in [6.45, 7) is 6.31. The second-order valence-electron chi connectivity index (χ2n) is 12.7. The third-order valence-corrected chi connectivity index (χ3v) is 8.76. The summed E-state index contributed by atoms with van der Waals surface area (Å²) in [6.07, 6.45) is 0.238. The minimum Gasteiger partial charge on any atom is -0.490 e. The summed E-state index contributed by atoms with van der Waals surface area (Å²) in [5.41, 5.74) is 0.294. The van der Waals surface area contributed by atoms with Gasteiger partial charge in [-0.3, -0.25) is 14.4 Å². The Kier molecular flexibility index (Phi) is 14.0. The van der Waals surface area contributed by atoms with Crippen LogP contribution in [0, 0.1) is 11.8 Å². The third-order valence-electron chi connectivity index (χ3n) is 8.76. The number of anilines is 1. The van der Waals surface area contributed by atoms with Crippen molar-refractivity contribution in [2.24, 2.45) is 11.8 Å². The maximum atomic E-state index is 14.2. The normalized spacial score (nSPS) is 23.3. The lowest BCUT2D eigenvalue weighted by Crippen LogP contribution is -2.48. The molecule has 1 fully saturated rings. The number of hydrogen-bond acceptors (Lipinski definition) is 6. The highest BCUT2D eigenvalue weighted by atomic mass is 19.4. The molecule has 0 radical (unpaired) electrons. The molecule has 12 heteroatoms. The number of hydrogen-bond donors (Lipinski definition) is 2. The van der Waals surface area contributed by atoms with E-state index in [2.05, 4.69) is 5.32 Å². The van der Waals surface area contributed by atoms with Gasteiger partial charge in [0.15, 0.2) is 0 Å². The van der Waals surface area contributed by atoms with Crippen LogP contribution in [0.2, 0.25) is 0 Å². The summed E-state index contributed by atoms with van der Waals surface area (Å²) in [7, 11) is 1.80. The molecule has 3 amide bonds. The van der Waals surface area contributed by atoms with Gasteiger partial charge < -0.3 is 29.7 Å². The number of nitrogens with zero attached hydrogens (tertiary/aromatic N) is 2. The van der Waals surface area contributed by atoms with Crippen molar-refractivity contribution in [3.8, 4) is 5.75 Å². The molecule has 0 aromatic heterocycles. The maximum absolute atomic E-state index is 14.2. The van der Waals surface area contributed by atoms with E-state index < -0.39 is 36.9 Å². The molecule has 0 unspecified atom stereocenters. The quantitative estimate of drug-likeness (QED) is 0.372. The summed E-state index contributed by atoms with van der Waals surface area (Å²) in [6, 6.07) is 3.86. The first-order valence-corrected chi connectivity index (χ1v) is 16.2. The monoisotopic (exact) mass is 641 g/mol. The number of nitrogens with one attached hydrogen (secondary N) is 1. The van der Waals surface area contributed by atoms with Crippen molar-refractivity contribution < 1.29 is 42.1 Å². The van der Waals surface area contributed by atoms with Crippen LogP contribution in [-0.4, -0.2) is 90.4 Å². The van der Waals surface area contributed by atoms with Gasteiger partial charge in [-0.25, -0.2) is 0 Å². The van der Waals surface area contributed by atoms with Gasteiger partial charge in [-0.2, -0.15) is 13.2 Å². The third kappa shape index (κ3) is 11.5. The summed E-state index contributed by atoms with van der Waals surface area (Å²) in [5.74, 6) is -1.08. The van der Waals surface area contributed by atoms with Crippen LogP contribution in [0.25, 0.3) is 0 Å². The molecule has 2 aliphatic rings. The van der Waals surface area contributed by atoms with E-state index in [0.717, 1.165) is 44.9 Å². The van der Waals surface area contributed by atoms with Crippen molar-refractivity contribution in [3.63, 3.8) is 0 Å². The van der Waals surface area contributed by atoms with Gasteiger partial charge in [0.25, 0.3) is 5.91 Å². The van der Waals surface area contributed by atoms with Gasteiger partial charge in [0, 0.05) is 50.7 Å². The van der Waals surface area contributed by atoms with E-state index in [4.69, 9.17) is 9.47 Å². The molecule has 3 rings (SSSR count). The number of halogens is 3. The molecule has 45 heavy (non-hydrogen) atoms. The van der Waals surface area contributed by atoms with Gasteiger partial charge in [-0.1, -0.05) is 26.2 Å². The molecular formula is C33H50F3N3O6. The molecule has 254 valence electrons. The van der Waals surface area contributed by atoms with Crippen LogP contribution in [0.3, 0.4) is 0 Å². The summed E-state index contributed by atoms with van der Waals surface area (Å²) < 4.78 is 50.5. The minimum absolute atomic E-state index is 0.0196. The van der Waals surface area contributed by atoms with E-state index in [9.17, 15) is 32.7 Å². The molecule has 0 bridgehead atoms. The lowest BCUT2D eigenvalue weighted by atomic mass is 9.88. The number of aliphatic hydroxyl groups excluding tert-OH is 1. The van der Waals surface area contributed by atoms with Crippen LogP contribution in [0.1, 0.15) is 95.3 Å². The number of aliphatic hydroxyl groups is 1. The average Bonchev–Trinajstić information content (AvgIpc) is 3.01. The van der Waals surface area contributed by atoms with Crippen molar-refractivity contribution >= 4 is 23.4 Å². The fourth-order valence-corrected chi connectivity index (χ4v) is 5.96. The van der Waals surface area contributed by atoms with Crippen LogP contribution in [-0.2, 0) is 14.3 Å². The number of carbonyl (C=O) groups excluding carboxylic acids is 3. The van der Waals surface area contributed by atoms with Crippen LogP contribution < -0.4 is 10.1 Å². The van der Waals surface area contributed by atoms with E-state index in [1.807, 2.05) is 13.8 Å². The lowest BCUT2D eigenvalue weighted by molar-refractivity contribution is -0.142. The molecule has 1 aromatic carbocycles. The summed E-state index contributed by atoms with van der Waals surface area (Å²) >= 11 is 0. The van der Waals surface area contributed by atoms with Crippen LogP contribution in [0.15, 0.2) is 18.2 Å². The Hall–Kier alpha value is -2.86. The zero-order valence-electron chi connectivity index (χ0n) is 27.0.